The molecule has 6 aromatic rings. The van der Waals surface area contributed by atoms with Crippen molar-refractivity contribution in [3.8, 4) is 33.9 Å². The maximum absolute atomic E-state index is 5.00. The van der Waals surface area contributed by atoms with Gasteiger partial charge in [-0.15, -0.1) is 10.2 Å². The van der Waals surface area contributed by atoms with Crippen LogP contribution in [0.2, 0.25) is 0 Å². The average Bonchev–Trinajstić information content (AvgIpc) is 3.65. The fourth-order valence-electron chi connectivity index (χ4n) is 5.56. The molecule has 0 spiro atoms. The SMILES string of the molecule is c1ccc(-c2c(-c3ccc(CN4CCC(c5nnc(-c6ccncc6)[nH]5)CC4)cc3)nc3ccccn23)cc1. The van der Waals surface area contributed by atoms with Crippen molar-refractivity contribution >= 4 is 5.65 Å². The number of nitrogens with zero attached hydrogens (tertiary/aromatic N) is 6. The van der Waals surface area contributed by atoms with Crippen molar-refractivity contribution in [2.24, 2.45) is 0 Å². The van der Waals surface area contributed by atoms with Crippen molar-refractivity contribution in [1.82, 2.24) is 34.4 Å². The molecule has 0 bridgehead atoms. The van der Waals surface area contributed by atoms with E-state index in [1.165, 1.54) is 5.56 Å². The third kappa shape index (κ3) is 4.73. The molecule has 0 radical (unpaired) electrons. The lowest BCUT2D eigenvalue weighted by Gasteiger charge is -2.30. The number of piperidine rings is 1. The zero-order valence-electron chi connectivity index (χ0n) is 21.6. The van der Waals surface area contributed by atoms with Crippen LogP contribution in [0, 0.1) is 0 Å². The Balaban J connectivity index is 1.04. The standard InChI is InChI=1S/C32H29N7/c1-2-6-25(7-3-1)30-29(34-28-8-4-5-19-39(28)30)24-11-9-23(10-12-24)22-38-20-15-27(16-21-38)32-35-31(36-37-32)26-13-17-33-18-14-26/h1-14,17-19,27H,15-16,20-22H2,(H,35,36,37). The van der Waals surface area contributed by atoms with Crippen LogP contribution in [0.4, 0.5) is 0 Å². The largest absolute Gasteiger partial charge is 0.325 e. The lowest BCUT2D eigenvalue weighted by atomic mass is 9.95. The van der Waals surface area contributed by atoms with Gasteiger partial charge in [-0.2, -0.15) is 0 Å². The molecule has 7 heteroatoms. The second-order valence-corrected chi connectivity index (χ2v) is 10.1. The van der Waals surface area contributed by atoms with Gasteiger partial charge in [-0.25, -0.2) is 4.98 Å². The molecule has 39 heavy (non-hydrogen) atoms. The van der Waals surface area contributed by atoms with Crippen LogP contribution >= 0.6 is 0 Å². The highest BCUT2D eigenvalue weighted by molar-refractivity contribution is 5.82. The van der Waals surface area contributed by atoms with Crippen LogP contribution in [0.5, 0.6) is 0 Å². The molecule has 0 amide bonds. The van der Waals surface area contributed by atoms with Crippen LogP contribution in [0.1, 0.15) is 30.1 Å². The maximum Gasteiger partial charge on any atom is 0.161 e. The van der Waals surface area contributed by atoms with Gasteiger partial charge in [0.1, 0.15) is 11.5 Å². The van der Waals surface area contributed by atoms with Gasteiger partial charge in [0.15, 0.2) is 5.82 Å². The second kappa shape index (κ2) is 10.3. The molecule has 7 rings (SSSR count). The van der Waals surface area contributed by atoms with E-state index in [0.29, 0.717) is 5.92 Å². The van der Waals surface area contributed by atoms with Gasteiger partial charge in [-0.3, -0.25) is 14.3 Å². The van der Waals surface area contributed by atoms with Crippen molar-refractivity contribution < 1.29 is 0 Å². The molecule has 0 aliphatic carbocycles. The summed E-state index contributed by atoms with van der Waals surface area (Å²) >= 11 is 0. The van der Waals surface area contributed by atoms with Crippen LogP contribution in [0.3, 0.4) is 0 Å². The third-order valence-electron chi connectivity index (χ3n) is 7.64. The van der Waals surface area contributed by atoms with Gasteiger partial charge in [-0.1, -0.05) is 60.7 Å². The number of H-pyrrole nitrogens is 1. The Morgan fingerprint density at radius 1 is 0.744 bits per heavy atom. The number of imidazole rings is 1. The molecule has 1 aliphatic rings. The molecule has 0 saturated carbocycles. The molecule has 0 atom stereocenters. The minimum Gasteiger partial charge on any atom is -0.325 e. The van der Waals surface area contributed by atoms with Crippen LogP contribution in [-0.2, 0) is 6.54 Å². The fraction of sp³-hybridized carbons (Fsp3) is 0.188. The Kier molecular flexibility index (Phi) is 6.19. The predicted octanol–water partition coefficient (Wildman–Crippen LogP) is 6.23. The highest BCUT2D eigenvalue weighted by Gasteiger charge is 2.24. The number of benzene rings is 2. The number of nitrogens with one attached hydrogen (secondary N) is 1. The van der Waals surface area contributed by atoms with Gasteiger partial charge < -0.3 is 4.98 Å². The molecule has 7 nitrogen and oxygen atoms in total. The molecular formula is C32H29N7. The average molecular weight is 512 g/mol. The first-order valence-corrected chi connectivity index (χ1v) is 13.5. The van der Waals surface area contributed by atoms with E-state index in [1.54, 1.807) is 12.4 Å². The van der Waals surface area contributed by atoms with E-state index in [2.05, 4.69) is 102 Å². The number of aromatic amines is 1. The van der Waals surface area contributed by atoms with Gasteiger partial charge in [0.25, 0.3) is 0 Å². The molecule has 1 aliphatic heterocycles. The summed E-state index contributed by atoms with van der Waals surface area (Å²) in [6.45, 7) is 3.03. The lowest BCUT2D eigenvalue weighted by molar-refractivity contribution is 0.202. The predicted molar refractivity (Wildman–Crippen MR) is 153 cm³/mol. The number of aromatic nitrogens is 6. The summed E-state index contributed by atoms with van der Waals surface area (Å²) in [6.07, 6.45) is 7.80. The number of hydrogen-bond donors (Lipinski definition) is 1. The minimum absolute atomic E-state index is 0.415. The first-order valence-electron chi connectivity index (χ1n) is 13.5. The number of fused-ring (bicyclic) bond motifs is 1. The molecule has 1 saturated heterocycles. The summed E-state index contributed by atoms with van der Waals surface area (Å²) < 4.78 is 2.18. The van der Waals surface area contributed by atoms with E-state index in [4.69, 9.17) is 4.98 Å². The van der Waals surface area contributed by atoms with Crippen molar-refractivity contribution in [3.05, 3.63) is 115 Å². The van der Waals surface area contributed by atoms with Gasteiger partial charge in [-0.05, 0) is 55.8 Å². The topological polar surface area (TPSA) is 75.0 Å². The summed E-state index contributed by atoms with van der Waals surface area (Å²) in [5.74, 6) is 2.22. The zero-order valence-corrected chi connectivity index (χ0v) is 21.6. The molecule has 5 heterocycles. The molecule has 0 unspecified atom stereocenters. The Bertz CT molecular complexity index is 1680. The van der Waals surface area contributed by atoms with Crippen molar-refractivity contribution in [2.75, 3.05) is 13.1 Å². The third-order valence-corrected chi connectivity index (χ3v) is 7.64. The quantitative estimate of drug-likeness (QED) is 0.287. The lowest BCUT2D eigenvalue weighted by Crippen LogP contribution is -2.32. The van der Waals surface area contributed by atoms with Crippen molar-refractivity contribution in [1.29, 1.82) is 0 Å². The second-order valence-electron chi connectivity index (χ2n) is 10.1. The number of likely N-dealkylation sites (tertiary alicyclic amines) is 1. The van der Waals surface area contributed by atoms with Crippen LogP contribution in [0.15, 0.2) is 104 Å². The minimum atomic E-state index is 0.415. The Hall–Kier alpha value is -4.62. The van der Waals surface area contributed by atoms with Crippen LogP contribution < -0.4 is 0 Å². The van der Waals surface area contributed by atoms with E-state index in [0.717, 1.165) is 77.9 Å². The molecule has 192 valence electrons. The first-order chi connectivity index (χ1) is 19.3. The molecule has 2 aromatic carbocycles. The summed E-state index contributed by atoms with van der Waals surface area (Å²) in [6, 6.07) is 29.5. The summed E-state index contributed by atoms with van der Waals surface area (Å²) in [5, 5.41) is 8.82. The van der Waals surface area contributed by atoms with E-state index in [-0.39, 0.29) is 0 Å². The highest BCUT2D eigenvalue weighted by atomic mass is 15.2. The molecular weight excluding hydrogens is 482 g/mol. The summed E-state index contributed by atoms with van der Waals surface area (Å²) in [4.78, 5) is 15.1. The summed E-state index contributed by atoms with van der Waals surface area (Å²) in [7, 11) is 0. The van der Waals surface area contributed by atoms with E-state index in [9.17, 15) is 0 Å². The summed E-state index contributed by atoms with van der Waals surface area (Å²) in [5.41, 5.74) is 7.73. The van der Waals surface area contributed by atoms with Crippen LogP contribution in [-0.4, -0.2) is 47.5 Å². The van der Waals surface area contributed by atoms with Crippen molar-refractivity contribution in [2.45, 2.75) is 25.3 Å². The molecule has 1 N–H and O–H groups in total. The smallest absolute Gasteiger partial charge is 0.161 e. The Morgan fingerprint density at radius 3 is 2.31 bits per heavy atom. The monoisotopic (exact) mass is 511 g/mol. The number of hydrogen-bond acceptors (Lipinski definition) is 5. The highest BCUT2D eigenvalue weighted by Crippen LogP contribution is 2.33. The fourth-order valence-corrected chi connectivity index (χ4v) is 5.56. The Labute approximate surface area is 227 Å². The van der Waals surface area contributed by atoms with Gasteiger partial charge in [0.05, 0.1) is 11.4 Å². The van der Waals surface area contributed by atoms with E-state index < -0.39 is 0 Å². The number of rotatable bonds is 6. The van der Waals surface area contributed by atoms with Crippen molar-refractivity contribution in [3.63, 3.8) is 0 Å². The first kappa shape index (κ1) is 23.5. The zero-order chi connectivity index (χ0) is 26.0. The van der Waals surface area contributed by atoms with E-state index in [1.807, 2.05) is 18.2 Å². The maximum atomic E-state index is 5.00. The van der Waals surface area contributed by atoms with Gasteiger partial charge >= 0.3 is 0 Å². The Morgan fingerprint density at radius 2 is 1.51 bits per heavy atom. The van der Waals surface area contributed by atoms with Gasteiger partial charge in [0.2, 0.25) is 0 Å². The molecule has 1 fully saturated rings. The van der Waals surface area contributed by atoms with Crippen LogP contribution in [0.25, 0.3) is 39.5 Å². The van der Waals surface area contributed by atoms with E-state index >= 15 is 0 Å². The number of pyridine rings is 2. The molecule has 4 aromatic heterocycles. The van der Waals surface area contributed by atoms with Gasteiger partial charge in [0, 0.05) is 47.7 Å². The normalized spacial score (nSPS) is 14.7.